The number of likely N-dealkylation sites (N-methyl/N-ethyl adjacent to an activating group) is 1. The second kappa shape index (κ2) is 6.67. The van der Waals surface area contributed by atoms with Crippen molar-refractivity contribution in [2.45, 2.75) is 13.8 Å². The molecule has 0 spiro atoms. The molecule has 0 saturated carbocycles. The molecule has 5 nitrogen and oxygen atoms in total. The highest BCUT2D eigenvalue weighted by atomic mass is 32.1. The van der Waals surface area contributed by atoms with Gasteiger partial charge in [0.2, 0.25) is 0 Å². The number of benzene rings is 1. The summed E-state index contributed by atoms with van der Waals surface area (Å²) in [7, 11) is 0. The monoisotopic (exact) mass is 292 g/mol. The Morgan fingerprint density at radius 2 is 2.15 bits per heavy atom. The molecule has 1 aromatic carbocycles. The first-order valence-corrected chi connectivity index (χ1v) is 7.62. The van der Waals surface area contributed by atoms with Crippen molar-refractivity contribution >= 4 is 32.6 Å². The van der Waals surface area contributed by atoms with Gasteiger partial charge in [-0.3, -0.25) is 4.79 Å². The van der Waals surface area contributed by atoms with E-state index in [-0.39, 0.29) is 5.91 Å². The van der Waals surface area contributed by atoms with Gasteiger partial charge < -0.3 is 16.0 Å². The average molecular weight is 292 g/mol. The Hall–Kier alpha value is -1.66. The summed E-state index contributed by atoms with van der Waals surface area (Å²) in [4.78, 5) is 18.5. The van der Waals surface area contributed by atoms with Crippen LogP contribution in [0.25, 0.3) is 10.2 Å². The van der Waals surface area contributed by atoms with Crippen LogP contribution in [0.2, 0.25) is 0 Å². The van der Waals surface area contributed by atoms with Crippen LogP contribution in [0, 0.1) is 0 Å². The zero-order valence-corrected chi connectivity index (χ0v) is 12.7. The molecule has 0 radical (unpaired) electrons. The summed E-state index contributed by atoms with van der Waals surface area (Å²) in [6, 6.07) is 5.46. The lowest BCUT2D eigenvalue weighted by Gasteiger charge is -2.17. The number of anilines is 1. The number of fused-ring (bicyclic) bond motifs is 1. The summed E-state index contributed by atoms with van der Waals surface area (Å²) in [5, 5.41) is 3.47. The predicted molar refractivity (Wildman–Crippen MR) is 84.2 cm³/mol. The molecule has 0 unspecified atom stereocenters. The largest absolute Gasteiger partial charge is 0.375 e. The number of aromatic nitrogens is 1. The first-order chi connectivity index (χ1) is 9.63. The van der Waals surface area contributed by atoms with E-state index in [9.17, 15) is 4.79 Å². The van der Waals surface area contributed by atoms with Crippen LogP contribution in [0.5, 0.6) is 0 Å². The fourth-order valence-corrected chi connectivity index (χ4v) is 2.83. The fourth-order valence-electron chi connectivity index (χ4n) is 2.05. The van der Waals surface area contributed by atoms with Gasteiger partial charge in [0, 0.05) is 18.7 Å². The van der Waals surface area contributed by atoms with Gasteiger partial charge in [-0.1, -0.05) is 25.2 Å². The molecule has 108 valence electrons. The minimum absolute atomic E-state index is 0.0500. The van der Waals surface area contributed by atoms with E-state index >= 15 is 0 Å². The Balaban J connectivity index is 1.96. The fraction of sp³-hybridized carbons (Fsp3) is 0.429. The Morgan fingerprint density at radius 3 is 2.85 bits per heavy atom. The van der Waals surface area contributed by atoms with Crippen molar-refractivity contribution in [2.75, 3.05) is 31.9 Å². The Morgan fingerprint density at radius 1 is 1.40 bits per heavy atom. The van der Waals surface area contributed by atoms with E-state index in [0.29, 0.717) is 17.2 Å². The molecule has 20 heavy (non-hydrogen) atoms. The van der Waals surface area contributed by atoms with E-state index in [0.717, 1.165) is 29.9 Å². The van der Waals surface area contributed by atoms with E-state index in [1.807, 2.05) is 12.1 Å². The number of nitrogens with zero attached hydrogens (tertiary/aromatic N) is 2. The Bertz CT molecular complexity index is 592. The SMILES string of the molecule is CCN(CC)CCNC(=O)c1ccc2nc(N)sc2c1. The van der Waals surface area contributed by atoms with Crippen LogP contribution in [-0.2, 0) is 0 Å². The van der Waals surface area contributed by atoms with E-state index in [2.05, 4.69) is 29.0 Å². The molecular weight excluding hydrogens is 272 g/mol. The van der Waals surface area contributed by atoms with E-state index in [4.69, 9.17) is 5.73 Å². The number of hydrogen-bond donors (Lipinski definition) is 2. The third-order valence-corrected chi connectivity index (χ3v) is 4.12. The van der Waals surface area contributed by atoms with Crippen LogP contribution in [0.1, 0.15) is 24.2 Å². The number of carbonyl (C=O) groups excluding carboxylic acids is 1. The van der Waals surface area contributed by atoms with Crippen LogP contribution in [-0.4, -0.2) is 42.0 Å². The molecule has 1 heterocycles. The number of nitrogens with one attached hydrogen (secondary N) is 1. The summed E-state index contributed by atoms with van der Waals surface area (Å²) in [6.45, 7) is 7.76. The molecule has 0 saturated heterocycles. The number of hydrogen-bond acceptors (Lipinski definition) is 5. The molecule has 1 aromatic heterocycles. The summed E-state index contributed by atoms with van der Waals surface area (Å²) < 4.78 is 0.943. The van der Waals surface area contributed by atoms with Gasteiger partial charge in [0.1, 0.15) is 0 Å². The number of carbonyl (C=O) groups is 1. The number of nitrogen functional groups attached to an aromatic ring is 1. The van der Waals surface area contributed by atoms with Crippen molar-refractivity contribution < 1.29 is 4.79 Å². The quantitative estimate of drug-likeness (QED) is 0.853. The normalized spacial score (nSPS) is 11.2. The summed E-state index contributed by atoms with van der Waals surface area (Å²) in [5.74, 6) is -0.0500. The molecule has 3 N–H and O–H groups in total. The minimum Gasteiger partial charge on any atom is -0.375 e. The number of nitrogens with two attached hydrogens (primary N) is 1. The molecule has 0 aliphatic carbocycles. The molecule has 0 aliphatic heterocycles. The van der Waals surface area contributed by atoms with Gasteiger partial charge in [-0.15, -0.1) is 0 Å². The second-order valence-electron chi connectivity index (χ2n) is 4.52. The summed E-state index contributed by atoms with van der Waals surface area (Å²) in [5.41, 5.74) is 7.16. The van der Waals surface area contributed by atoms with Crippen LogP contribution >= 0.6 is 11.3 Å². The molecule has 0 fully saturated rings. The third kappa shape index (κ3) is 3.46. The van der Waals surface area contributed by atoms with Crippen molar-refractivity contribution in [2.24, 2.45) is 0 Å². The number of amides is 1. The van der Waals surface area contributed by atoms with Gasteiger partial charge in [0.05, 0.1) is 10.2 Å². The Kier molecular flexibility index (Phi) is 4.92. The van der Waals surface area contributed by atoms with Crippen molar-refractivity contribution in [3.63, 3.8) is 0 Å². The van der Waals surface area contributed by atoms with Crippen molar-refractivity contribution in [3.8, 4) is 0 Å². The van der Waals surface area contributed by atoms with Gasteiger partial charge in [0.15, 0.2) is 5.13 Å². The van der Waals surface area contributed by atoms with E-state index in [1.54, 1.807) is 6.07 Å². The molecule has 2 aromatic rings. The van der Waals surface area contributed by atoms with Gasteiger partial charge in [0.25, 0.3) is 5.91 Å². The van der Waals surface area contributed by atoms with Crippen molar-refractivity contribution in [1.82, 2.24) is 15.2 Å². The van der Waals surface area contributed by atoms with Gasteiger partial charge >= 0.3 is 0 Å². The summed E-state index contributed by atoms with van der Waals surface area (Å²) >= 11 is 1.40. The molecule has 0 bridgehead atoms. The van der Waals surface area contributed by atoms with Crippen LogP contribution in [0.3, 0.4) is 0 Å². The zero-order chi connectivity index (χ0) is 14.5. The molecule has 6 heteroatoms. The second-order valence-corrected chi connectivity index (χ2v) is 5.58. The highest BCUT2D eigenvalue weighted by Gasteiger charge is 2.08. The maximum Gasteiger partial charge on any atom is 0.251 e. The van der Waals surface area contributed by atoms with Crippen molar-refractivity contribution in [3.05, 3.63) is 23.8 Å². The van der Waals surface area contributed by atoms with Crippen molar-refractivity contribution in [1.29, 1.82) is 0 Å². The average Bonchev–Trinajstić information content (AvgIpc) is 2.82. The highest BCUT2D eigenvalue weighted by molar-refractivity contribution is 7.22. The van der Waals surface area contributed by atoms with Gasteiger partial charge in [-0.05, 0) is 31.3 Å². The first kappa shape index (κ1) is 14.7. The maximum atomic E-state index is 12.1. The van der Waals surface area contributed by atoms with Crippen LogP contribution < -0.4 is 11.1 Å². The van der Waals surface area contributed by atoms with E-state index in [1.165, 1.54) is 11.3 Å². The predicted octanol–water partition coefficient (Wildman–Crippen LogP) is 1.95. The number of thiazole rings is 1. The third-order valence-electron chi connectivity index (χ3n) is 3.28. The molecule has 0 atom stereocenters. The van der Waals surface area contributed by atoms with Crippen LogP contribution in [0.15, 0.2) is 18.2 Å². The van der Waals surface area contributed by atoms with Crippen LogP contribution in [0.4, 0.5) is 5.13 Å². The highest BCUT2D eigenvalue weighted by Crippen LogP contribution is 2.24. The maximum absolute atomic E-state index is 12.1. The van der Waals surface area contributed by atoms with Gasteiger partial charge in [-0.2, -0.15) is 0 Å². The molecule has 1 amide bonds. The molecule has 0 aliphatic rings. The minimum atomic E-state index is -0.0500. The topological polar surface area (TPSA) is 71.2 Å². The molecular formula is C14H20N4OS. The zero-order valence-electron chi connectivity index (χ0n) is 11.8. The smallest absolute Gasteiger partial charge is 0.251 e. The standard InChI is InChI=1S/C14H20N4OS/c1-3-18(4-2)8-7-16-13(19)10-5-6-11-12(9-10)20-14(15)17-11/h5-6,9H,3-4,7-8H2,1-2H3,(H2,15,17)(H,16,19). The van der Waals surface area contributed by atoms with Gasteiger partial charge in [-0.25, -0.2) is 4.98 Å². The van der Waals surface area contributed by atoms with E-state index < -0.39 is 0 Å². The summed E-state index contributed by atoms with van der Waals surface area (Å²) in [6.07, 6.45) is 0. The first-order valence-electron chi connectivity index (χ1n) is 6.80. The lowest BCUT2D eigenvalue weighted by Crippen LogP contribution is -2.34. The lowest BCUT2D eigenvalue weighted by molar-refractivity contribution is 0.0949. The number of rotatable bonds is 6. The Labute approximate surface area is 122 Å². The lowest BCUT2D eigenvalue weighted by atomic mass is 10.2. The molecule has 2 rings (SSSR count).